The van der Waals surface area contributed by atoms with Crippen LogP contribution < -0.4 is 11.1 Å². The molecule has 0 saturated carbocycles. The SMILES string of the molecule is CC(NC(=O)c1cc(N)cn1C)c1ncc[nH]1. The van der Waals surface area contributed by atoms with Crippen molar-refractivity contribution < 1.29 is 4.79 Å². The third-order valence-corrected chi connectivity index (χ3v) is 2.54. The van der Waals surface area contributed by atoms with Crippen molar-refractivity contribution in [2.75, 3.05) is 5.73 Å². The first kappa shape index (κ1) is 11.3. The van der Waals surface area contributed by atoms with E-state index in [1.165, 1.54) is 0 Å². The van der Waals surface area contributed by atoms with Crippen molar-refractivity contribution in [1.82, 2.24) is 19.9 Å². The van der Waals surface area contributed by atoms with Crippen LogP contribution in [-0.4, -0.2) is 20.4 Å². The summed E-state index contributed by atoms with van der Waals surface area (Å²) in [5.74, 6) is 0.550. The molecule has 0 aromatic carbocycles. The monoisotopic (exact) mass is 233 g/mol. The maximum Gasteiger partial charge on any atom is 0.268 e. The Morgan fingerprint density at radius 1 is 1.65 bits per heavy atom. The minimum atomic E-state index is -0.173. The molecule has 0 bridgehead atoms. The van der Waals surface area contributed by atoms with E-state index in [0.29, 0.717) is 11.4 Å². The third-order valence-electron chi connectivity index (χ3n) is 2.54. The smallest absolute Gasteiger partial charge is 0.268 e. The highest BCUT2D eigenvalue weighted by Crippen LogP contribution is 2.11. The maximum absolute atomic E-state index is 12.0. The number of nitrogen functional groups attached to an aromatic ring is 1. The molecule has 2 rings (SSSR count). The van der Waals surface area contributed by atoms with E-state index in [0.717, 1.165) is 5.82 Å². The molecule has 2 heterocycles. The molecule has 2 aromatic heterocycles. The molecule has 0 aliphatic rings. The molecule has 0 spiro atoms. The molecule has 17 heavy (non-hydrogen) atoms. The van der Waals surface area contributed by atoms with Gasteiger partial charge in [-0.3, -0.25) is 4.79 Å². The van der Waals surface area contributed by atoms with E-state index in [4.69, 9.17) is 5.73 Å². The number of aromatic amines is 1. The van der Waals surface area contributed by atoms with Crippen LogP contribution in [0.1, 0.15) is 29.3 Å². The molecule has 2 aromatic rings. The number of imidazole rings is 1. The van der Waals surface area contributed by atoms with Crippen LogP contribution >= 0.6 is 0 Å². The predicted octanol–water partition coefficient (Wildman–Crippen LogP) is 0.821. The van der Waals surface area contributed by atoms with Crippen LogP contribution in [0.5, 0.6) is 0 Å². The van der Waals surface area contributed by atoms with Crippen LogP contribution in [-0.2, 0) is 7.05 Å². The van der Waals surface area contributed by atoms with Crippen molar-refractivity contribution in [3.8, 4) is 0 Å². The van der Waals surface area contributed by atoms with Crippen LogP contribution in [0.3, 0.4) is 0 Å². The molecule has 0 aliphatic carbocycles. The van der Waals surface area contributed by atoms with E-state index in [1.54, 1.807) is 36.3 Å². The first-order chi connectivity index (χ1) is 8.08. The predicted molar refractivity (Wildman–Crippen MR) is 64.3 cm³/mol. The van der Waals surface area contributed by atoms with E-state index in [1.807, 2.05) is 6.92 Å². The summed E-state index contributed by atoms with van der Waals surface area (Å²) in [6.07, 6.45) is 5.07. The van der Waals surface area contributed by atoms with Crippen molar-refractivity contribution in [2.45, 2.75) is 13.0 Å². The van der Waals surface area contributed by atoms with Crippen molar-refractivity contribution >= 4 is 11.6 Å². The Balaban J connectivity index is 2.09. The zero-order valence-electron chi connectivity index (χ0n) is 9.77. The molecule has 90 valence electrons. The lowest BCUT2D eigenvalue weighted by Gasteiger charge is -2.11. The number of nitrogens with zero attached hydrogens (tertiary/aromatic N) is 2. The standard InChI is InChI=1S/C11H15N5O/c1-7(10-13-3-4-14-10)15-11(17)9-5-8(12)6-16(9)2/h3-7H,12H2,1-2H3,(H,13,14)(H,15,17). The molecule has 1 unspecified atom stereocenters. The number of nitrogens with two attached hydrogens (primary N) is 1. The summed E-state index contributed by atoms with van der Waals surface area (Å²) >= 11 is 0. The summed E-state index contributed by atoms with van der Waals surface area (Å²) in [4.78, 5) is 19.0. The molecule has 6 nitrogen and oxygen atoms in total. The van der Waals surface area contributed by atoms with Gasteiger partial charge in [-0.25, -0.2) is 4.98 Å². The number of H-pyrrole nitrogens is 1. The summed E-state index contributed by atoms with van der Waals surface area (Å²) in [5, 5.41) is 2.84. The summed E-state index contributed by atoms with van der Waals surface area (Å²) in [6.45, 7) is 1.86. The van der Waals surface area contributed by atoms with Crippen LogP contribution in [0.4, 0.5) is 5.69 Å². The third kappa shape index (κ3) is 2.30. The fourth-order valence-corrected chi connectivity index (χ4v) is 1.67. The lowest BCUT2D eigenvalue weighted by Crippen LogP contribution is -2.28. The highest BCUT2D eigenvalue weighted by Gasteiger charge is 2.15. The van der Waals surface area contributed by atoms with E-state index in [-0.39, 0.29) is 11.9 Å². The normalized spacial score (nSPS) is 12.4. The van der Waals surface area contributed by atoms with Gasteiger partial charge in [-0.2, -0.15) is 0 Å². The number of rotatable bonds is 3. The van der Waals surface area contributed by atoms with Gasteiger partial charge in [0.25, 0.3) is 5.91 Å². The van der Waals surface area contributed by atoms with Crippen LogP contribution in [0.15, 0.2) is 24.7 Å². The van der Waals surface area contributed by atoms with Crippen LogP contribution in [0.25, 0.3) is 0 Å². The quantitative estimate of drug-likeness (QED) is 0.733. The highest BCUT2D eigenvalue weighted by molar-refractivity contribution is 5.93. The summed E-state index contributed by atoms with van der Waals surface area (Å²) in [7, 11) is 1.78. The molecular formula is C11H15N5O. The fourth-order valence-electron chi connectivity index (χ4n) is 1.67. The number of hydrogen-bond donors (Lipinski definition) is 3. The highest BCUT2D eigenvalue weighted by atomic mass is 16.2. The van der Waals surface area contributed by atoms with Gasteiger partial charge < -0.3 is 20.6 Å². The zero-order chi connectivity index (χ0) is 12.4. The van der Waals surface area contributed by atoms with Gasteiger partial charge in [0.1, 0.15) is 11.5 Å². The molecule has 1 amide bonds. The van der Waals surface area contributed by atoms with Gasteiger partial charge in [0.15, 0.2) is 0 Å². The Kier molecular flexibility index (Phi) is 2.86. The first-order valence-electron chi connectivity index (χ1n) is 5.30. The van der Waals surface area contributed by atoms with Gasteiger partial charge in [-0.15, -0.1) is 0 Å². The fraction of sp³-hybridized carbons (Fsp3) is 0.273. The average Bonchev–Trinajstić information content (AvgIpc) is 2.87. The number of nitrogens with one attached hydrogen (secondary N) is 2. The van der Waals surface area contributed by atoms with Gasteiger partial charge in [0.2, 0.25) is 0 Å². The summed E-state index contributed by atoms with van der Waals surface area (Å²) < 4.78 is 1.69. The Bertz CT molecular complexity index is 514. The molecular weight excluding hydrogens is 218 g/mol. The maximum atomic E-state index is 12.0. The number of hydrogen-bond acceptors (Lipinski definition) is 3. The summed E-state index contributed by atoms with van der Waals surface area (Å²) in [5.41, 5.74) is 6.72. The number of amides is 1. The topological polar surface area (TPSA) is 88.7 Å². The number of anilines is 1. The summed E-state index contributed by atoms with van der Waals surface area (Å²) in [6, 6.07) is 1.47. The van der Waals surface area contributed by atoms with E-state index < -0.39 is 0 Å². The number of aryl methyl sites for hydroxylation is 1. The van der Waals surface area contributed by atoms with Crippen molar-refractivity contribution in [1.29, 1.82) is 0 Å². The molecule has 4 N–H and O–H groups in total. The Morgan fingerprint density at radius 2 is 2.41 bits per heavy atom. The minimum absolute atomic E-state index is 0.173. The first-order valence-corrected chi connectivity index (χ1v) is 5.30. The van der Waals surface area contributed by atoms with Gasteiger partial charge in [0, 0.05) is 25.6 Å². The molecule has 1 atom stereocenters. The lowest BCUT2D eigenvalue weighted by molar-refractivity contribution is 0.0930. The van der Waals surface area contributed by atoms with E-state index in [9.17, 15) is 4.79 Å². The van der Waals surface area contributed by atoms with Crippen molar-refractivity contribution in [3.05, 3.63) is 36.2 Å². The second-order valence-electron chi connectivity index (χ2n) is 3.94. The lowest BCUT2D eigenvalue weighted by atomic mass is 10.3. The minimum Gasteiger partial charge on any atom is -0.397 e. The Labute approximate surface area is 98.8 Å². The van der Waals surface area contributed by atoms with Gasteiger partial charge in [-0.1, -0.05) is 0 Å². The molecule has 0 saturated heterocycles. The molecule has 6 heteroatoms. The van der Waals surface area contributed by atoms with Crippen LogP contribution in [0.2, 0.25) is 0 Å². The second-order valence-corrected chi connectivity index (χ2v) is 3.94. The van der Waals surface area contributed by atoms with Crippen molar-refractivity contribution in [2.24, 2.45) is 7.05 Å². The van der Waals surface area contributed by atoms with E-state index >= 15 is 0 Å². The van der Waals surface area contributed by atoms with Crippen LogP contribution in [0, 0.1) is 0 Å². The van der Waals surface area contributed by atoms with Crippen molar-refractivity contribution in [3.63, 3.8) is 0 Å². The molecule has 0 fully saturated rings. The van der Waals surface area contributed by atoms with Gasteiger partial charge >= 0.3 is 0 Å². The second kappa shape index (κ2) is 4.32. The molecule has 0 radical (unpaired) electrons. The number of aromatic nitrogens is 3. The van der Waals surface area contributed by atoms with Gasteiger partial charge in [0.05, 0.1) is 11.7 Å². The Morgan fingerprint density at radius 3 is 2.94 bits per heavy atom. The van der Waals surface area contributed by atoms with Gasteiger partial charge in [-0.05, 0) is 13.0 Å². The largest absolute Gasteiger partial charge is 0.397 e. The number of carbonyl (C=O) groups excluding carboxylic acids is 1. The average molecular weight is 233 g/mol. The zero-order valence-corrected chi connectivity index (χ0v) is 9.77. The Hall–Kier alpha value is -2.24. The molecule has 0 aliphatic heterocycles. The number of carbonyl (C=O) groups is 1. The van der Waals surface area contributed by atoms with E-state index in [2.05, 4.69) is 15.3 Å².